The van der Waals surface area contributed by atoms with E-state index >= 15 is 0 Å². The molecule has 172 valence electrons. The highest BCUT2D eigenvalue weighted by molar-refractivity contribution is 7.90. The van der Waals surface area contributed by atoms with Gasteiger partial charge in [0.1, 0.15) is 5.75 Å². The summed E-state index contributed by atoms with van der Waals surface area (Å²) in [7, 11) is -2.41. The van der Waals surface area contributed by atoms with Crippen molar-refractivity contribution in [2.75, 3.05) is 19.0 Å². The maximum absolute atomic E-state index is 13.6. The van der Waals surface area contributed by atoms with Crippen LogP contribution in [0.5, 0.6) is 5.75 Å². The number of sulfonamides is 1. The van der Waals surface area contributed by atoms with Gasteiger partial charge in [0.15, 0.2) is 0 Å². The topological polar surface area (TPSA) is 84.5 Å². The van der Waals surface area contributed by atoms with Crippen LogP contribution < -0.4 is 14.8 Å². The second-order valence-corrected chi connectivity index (χ2v) is 10.6. The van der Waals surface area contributed by atoms with Crippen LogP contribution in [0.2, 0.25) is 0 Å². The van der Waals surface area contributed by atoms with Crippen molar-refractivity contribution in [2.45, 2.75) is 68.6 Å². The molecule has 1 heterocycles. The van der Waals surface area contributed by atoms with E-state index in [1.807, 2.05) is 24.3 Å². The number of hydrogen-bond acceptors (Lipinski definition) is 5. The molecule has 32 heavy (non-hydrogen) atoms. The van der Waals surface area contributed by atoms with Gasteiger partial charge in [-0.2, -0.15) is 0 Å². The number of fused-ring (bicyclic) bond motifs is 1. The Hall–Kier alpha value is -2.54. The number of hydrogen-bond donors (Lipinski definition) is 2. The molecule has 6 nitrogen and oxygen atoms in total. The van der Waals surface area contributed by atoms with Crippen LogP contribution in [-0.4, -0.2) is 28.0 Å². The third kappa shape index (κ3) is 3.87. The Balaban J connectivity index is 1.70. The molecule has 1 aliphatic carbocycles. The molecule has 1 amide bonds. The van der Waals surface area contributed by atoms with E-state index in [-0.39, 0.29) is 4.90 Å². The zero-order valence-electron chi connectivity index (χ0n) is 19.0. The van der Waals surface area contributed by atoms with Crippen LogP contribution in [0.1, 0.15) is 68.6 Å². The highest BCUT2D eigenvalue weighted by atomic mass is 32.2. The number of carbonyl (C=O) groups is 1. The third-order valence-corrected chi connectivity index (χ3v) is 8.55. The highest BCUT2D eigenvalue weighted by Gasteiger charge is 2.49. The number of amides is 1. The molecule has 1 aliphatic heterocycles. The summed E-state index contributed by atoms with van der Waals surface area (Å²) >= 11 is 0. The summed E-state index contributed by atoms with van der Waals surface area (Å²) < 4.78 is 34.7. The Labute approximate surface area is 190 Å². The minimum absolute atomic E-state index is 0.186. The summed E-state index contributed by atoms with van der Waals surface area (Å²) in [4.78, 5) is 13.7. The van der Waals surface area contributed by atoms with Crippen LogP contribution in [0.4, 0.5) is 5.69 Å². The summed E-state index contributed by atoms with van der Waals surface area (Å²) in [6, 6.07) is 11.1. The van der Waals surface area contributed by atoms with Gasteiger partial charge in [-0.05, 0) is 67.3 Å². The SMILES string of the molecule is CCC(C)c1ccc(OC)c(C2(C(=O)NS(=O)(=O)c3cccc4c3CCCN4)CCC2)c1. The van der Waals surface area contributed by atoms with Gasteiger partial charge in [-0.25, -0.2) is 13.1 Å². The van der Waals surface area contributed by atoms with Crippen LogP contribution in [-0.2, 0) is 26.7 Å². The summed E-state index contributed by atoms with van der Waals surface area (Å²) in [6.07, 6.45) is 4.58. The fourth-order valence-electron chi connectivity index (χ4n) is 4.79. The molecule has 2 aliphatic rings. The summed E-state index contributed by atoms with van der Waals surface area (Å²) in [6.45, 7) is 5.09. The van der Waals surface area contributed by atoms with Crippen LogP contribution in [0, 0.1) is 0 Å². The van der Waals surface area contributed by atoms with Crippen molar-refractivity contribution >= 4 is 21.6 Å². The van der Waals surface area contributed by atoms with Crippen molar-refractivity contribution < 1.29 is 17.9 Å². The summed E-state index contributed by atoms with van der Waals surface area (Å²) in [5.74, 6) is 0.502. The summed E-state index contributed by atoms with van der Waals surface area (Å²) in [5.41, 5.74) is 2.60. The molecule has 0 saturated heterocycles. The van der Waals surface area contributed by atoms with Crippen molar-refractivity contribution in [1.29, 1.82) is 0 Å². The molecule has 0 bridgehead atoms. The number of benzene rings is 2. The monoisotopic (exact) mass is 456 g/mol. The molecule has 4 rings (SSSR count). The number of nitrogens with one attached hydrogen (secondary N) is 2. The maximum atomic E-state index is 13.6. The van der Waals surface area contributed by atoms with Crippen LogP contribution in [0.25, 0.3) is 0 Å². The molecule has 1 unspecified atom stereocenters. The van der Waals surface area contributed by atoms with Gasteiger partial charge in [0.25, 0.3) is 10.0 Å². The van der Waals surface area contributed by atoms with Crippen molar-refractivity contribution in [1.82, 2.24) is 4.72 Å². The van der Waals surface area contributed by atoms with Gasteiger partial charge < -0.3 is 10.1 Å². The average Bonchev–Trinajstić information content (AvgIpc) is 2.77. The van der Waals surface area contributed by atoms with Gasteiger partial charge in [0, 0.05) is 17.8 Å². The van der Waals surface area contributed by atoms with Crippen molar-refractivity contribution in [2.24, 2.45) is 0 Å². The predicted molar refractivity (Wildman–Crippen MR) is 126 cm³/mol. The molecule has 2 aromatic rings. The first-order chi connectivity index (χ1) is 15.3. The van der Waals surface area contributed by atoms with E-state index in [4.69, 9.17) is 4.74 Å². The lowest BCUT2D eigenvalue weighted by atomic mass is 9.63. The number of anilines is 1. The Morgan fingerprint density at radius 3 is 2.66 bits per heavy atom. The minimum Gasteiger partial charge on any atom is -0.496 e. The lowest BCUT2D eigenvalue weighted by Crippen LogP contribution is -2.51. The maximum Gasteiger partial charge on any atom is 0.264 e. The van der Waals surface area contributed by atoms with E-state index in [1.54, 1.807) is 19.2 Å². The molecule has 0 spiro atoms. The Morgan fingerprint density at radius 1 is 1.22 bits per heavy atom. The molecule has 0 aromatic heterocycles. The zero-order valence-corrected chi connectivity index (χ0v) is 19.8. The first-order valence-corrected chi connectivity index (χ1v) is 12.9. The second-order valence-electron chi connectivity index (χ2n) is 8.95. The molecule has 1 atom stereocenters. The Kier molecular flexibility index (Phi) is 6.21. The van der Waals surface area contributed by atoms with Crippen LogP contribution >= 0.6 is 0 Å². The summed E-state index contributed by atoms with van der Waals surface area (Å²) in [5, 5.41) is 3.25. The number of methoxy groups -OCH3 is 1. The lowest BCUT2D eigenvalue weighted by molar-refractivity contribution is -0.128. The van der Waals surface area contributed by atoms with Crippen molar-refractivity contribution in [3.8, 4) is 5.75 Å². The Bertz CT molecular complexity index is 1120. The normalized spacial score (nSPS) is 18.0. The van der Waals surface area contributed by atoms with E-state index in [1.165, 1.54) is 0 Å². The molecule has 0 radical (unpaired) electrons. The van der Waals surface area contributed by atoms with E-state index in [2.05, 4.69) is 23.9 Å². The first kappa shape index (κ1) is 22.6. The molecule has 7 heteroatoms. The minimum atomic E-state index is -4.00. The van der Waals surface area contributed by atoms with Crippen LogP contribution in [0.3, 0.4) is 0 Å². The number of ether oxygens (including phenoxy) is 1. The van der Waals surface area contributed by atoms with E-state index in [0.29, 0.717) is 30.9 Å². The fourth-order valence-corrected chi connectivity index (χ4v) is 6.14. The number of rotatable bonds is 7. The van der Waals surface area contributed by atoms with E-state index in [9.17, 15) is 13.2 Å². The standard InChI is InChI=1S/C25H32N2O4S/c1-4-17(2)18-11-12-22(31-3)20(16-18)25(13-7-14-25)24(28)27-32(29,30)23-10-5-9-21-19(23)8-6-15-26-21/h5,9-12,16-17,26H,4,6-8,13-15H2,1-3H3,(H,27,28). The van der Waals surface area contributed by atoms with Gasteiger partial charge in [-0.15, -0.1) is 0 Å². The number of carbonyl (C=O) groups excluding carboxylic acids is 1. The quantitative estimate of drug-likeness (QED) is 0.641. The third-order valence-electron chi connectivity index (χ3n) is 7.13. The van der Waals surface area contributed by atoms with Gasteiger partial charge in [-0.1, -0.05) is 38.5 Å². The first-order valence-electron chi connectivity index (χ1n) is 11.4. The van der Waals surface area contributed by atoms with Gasteiger partial charge in [-0.3, -0.25) is 4.79 Å². The van der Waals surface area contributed by atoms with E-state index < -0.39 is 21.3 Å². The van der Waals surface area contributed by atoms with Gasteiger partial charge in [0.05, 0.1) is 17.4 Å². The highest BCUT2D eigenvalue weighted by Crippen LogP contribution is 2.48. The fraction of sp³-hybridized carbons (Fsp3) is 0.480. The van der Waals surface area contributed by atoms with E-state index in [0.717, 1.165) is 48.2 Å². The van der Waals surface area contributed by atoms with Gasteiger partial charge in [0.2, 0.25) is 5.91 Å². The van der Waals surface area contributed by atoms with Crippen LogP contribution in [0.15, 0.2) is 41.3 Å². The second kappa shape index (κ2) is 8.77. The van der Waals surface area contributed by atoms with Gasteiger partial charge >= 0.3 is 0 Å². The lowest BCUT2D eigenvalue weighted by Gasteiger charge is -2.41. The molecular formula is C25H32N2O4S. The van der Waals surface area contributed by atoms with Crippen molar-refractivity contribution in [3.05, 3.63) is 53.1 Å². The molecule has 1 fully saturated rings. The largest absolute Gasteiger partial charge is 0.496 e. The predicted octanol–water partition coefficient (Wildman–Crippen LogP) is 4.49. The zero-order chi connectivity index (χ0) is 22.9. The molecule has 2 aromatic carbocycles. The van der Waals surface area contributed by atoms with Crippen molar-refractivity contribution in [3.63, 3.8) is 0 Å². The molecular weight excluding hydrogens is 424 g/mol. The average molecular weight is 457 g/mol. The Morgan fingerprint density at radius 2 is 2.00 bits per heavy atom. The molecule has 2 N–H and O–H groups in total. The molecule has 1 saturated carbocycles. The smallest absolute Gasteiger partial charge is 0.264 e.